The summed E-state index contributed by atoms with van der Waals surface area (Å²) in [5.41, 5.74) is 0. The average Bonchev–Trinajstić information content (AvgIpc) is 2.93. The normalized spacial score (nSPS) is 56.0. The fraction of sp³-hybridized carbons (Fsp3) is 1.00. The zero-order valence-corrected chi connectivity index (χ0v) is 13.4. The Bertz CT molecular complexity index is 395. The first-order valence-electron chi connectivity index (χ1n) is 9.86. The Hall–Kier alpha value is -0.0800. The van der Waals surface area contributed by atoms with Gasteiger partial charge < -0.3 is 10.6 Å². The highest BCUT2D eigenvalue weighted by molar-refractivity contribution is 5.06. The fourth-order valence-corrected chi connectivity index (χ4v) is 7.55. The maximum atomic E-state index is 3.90. The van der Waals surface area contributed by atoms with Crippen molar-refractivity contribution < 1.29 is 0 Å². The first kappa shape index (κ1) is 13.4. The summed E-state index contributed by atoms with van der Waals surface area (Å²) in [6.45, 7) is 2.35. The van der Waals surface area contributed by atoms with E-state index in [1.807, 2.05) is 0 Å². The molecule has 0 aromatic heterocycles. The number of hydrogen-bond donors (Lipinski definition) is 2. The van der Waals surface area contributed by atoms with Crippen molar-refractivity contribution in [3.63, 3.8) is 0 Å². The second-order valence-corrected chi connectivity index (χ2v) is 8.88. The van der Waals surface area contributed by atoms with Crippen molar-refractivity contribution in [1.29, 1.82) is 0 Å². The maximum absolute atomic E-state index is 3.90. The lowest BCUT2D eigenvalue weighted by atomic mass is 9.57. The molecule has 2 nitrogen and oxygen atoms in total. The molecular formula is C19H32N2. The highest BCUT2D eigenvalue weighted by Gasteiger charge is 2.54. The molecule has 8 unspecified atom stereocenters. The zero-order valence-electron chi connectivity index (χ0n) is 13.4. The van der Waals surface area contributed by atoms with Gasteiger partial charge in [0, 0.05) is 19.3 Å². The van der Waals surface area contributed by atoms with Gasteiger partial charge in [-0.2, -0.15) is 0 Å². The van der Waals surface area contributed by atoms with Crippen molar-refractivity contribution in [3.05, 3.63) is 0 Å². The summed E-state index contributed by atoms with van der Waals surface area (Å²) in [6.07, 6.45) is 14.0. The van der Waals surface area contributed by atoms with E-state index in [1.54, 1.807) is 32.1 Å². The molecule has 0 bridgehead atoms. The molecule has 4 saturated carbocycles. The third kappa shape index (κ3) is 2.05. The van der Waals surface area contributed by atoms with E-state index in [0.717, 1.165) is 54.1 Å². The predicted molar refractivity (Wildman–Crippen MR) is 85.8 cm³/mol. The van der Waals surface area contributed by atoms with Gasteiger partial charge in [0.05, 0.1) is 0 Å². The summed E-state index contributed by atoms with van der Waals surface area (Å²) < 4.78 is 0. The Balaban J connectivity index is 1.43. The SMILES string of the molecule is C1CCC2C(C1)CC1C2CCC2CCC3CNCNC3C21. The third-order valence-corrected chi connectivity index (χ3v) is 8.25. The lowest BCUT2D eigenvalue weighted by molar-refractivity contribution is -0.00490. The largest absolute Gasteiger partial charge is 0.304 e. The molecule has 21 heavy (non-hydrogen) atoms. The summed E-state index contributed by atoms with van der Waals surface area (Å²) >= 11 is 0. The van der Waals surface area contributed by atoms with Gasteiger partial charge in [-0.3, -0.25) is 0 Å². The van der Waals surface area contributed by atoms with E-state index in [1.165, 1.54) is 32.2 Å². The van der Waals surface area contributed by atoms with Crippen molar-refractivity contribution >= 4 is 0 Å². The molecule has 1 heterocycles. The van der Waals surface area contributed by atoms with Crippen LogP contribution in [0, 0.1) is 41.4 Å². The first-order chi connectivity index (χ1) is 10.4. The van der Waals surface area contributed by atoms with Gasteiger partial charge in [-0.05, 0) is 80.0 Å². The third-order valence-electron chi connectivity index (χ3n) is 8.25. The quantitative estimate of drug-likeness (QED) is 0.714. The Labute approximate surface area is 129 Å². The second kappa shape index (κ2) is 5.23. The number of fused-ring (bicyclic) bond motifs is 7. The van der Waals surface area contributed by atoms with E-state index in [9.17, 15) is 0 Å². The molecule has 1 aliphatic heterocycles. The summed E-state index contributed by atoms with van der Waals surface area (Å²) in [7, 11) is 0. The van der Waals surface area contributed by atoms with Gasteiger partial charge >= 0.3 is 0 Å². The topological polar surface area (TPSA) is 24.1 Å². The molecular weight excluding hydrogens is 256 g/mol. The molecule has 5 rings (SSSR count). The van der Waals surface area contributed by atoms with E-state index in [4.69, 9.17) is 0 Å². The van der Waals surface area contributed by atoms with Crippen LogP contribution >= 0.6 is 0 Å². The molecule has 0 aromatic rings. The van der Waals surface area contributed by atoms with Crippen LogP contribution in [0.1, 0.15) is 57.8 Å². The molecule has 0 spiro atoms. The minimum Gasteiger partial charge on any atom is -0.304 e. The van der Waals surface area contributed by atoms with Gasteiger partial charge in [0.15, 0.2) is 0 Å². The van der Waals surface area contributed by atoms with Gasteiger partial charge in [-0.15, -0.1) is 0 Å². The van der Waals surface area contributed by atoms with Crippen LogP contribution in [0.15, 0.2) is 0 Å². The van der Waals surface area contributed by atoms with Crippen LogP contribution in [0.25, 0.3) is 0 Å². The lowest BCUT2D eigenvalue weighted by Crippen LogP contribution is -2.60. The number of hydrogen-bond acceptors (Lipinski definition) is 2. The minimum atomic E-state index is 0.859. The molecule has 0 aromatic carbocycles. The molecule has 8 atom stereocenters. The van der Waals surface area contributed by atoms with Crippen molar-refractivity contribution in [3.8, 4) is 0 Å². The van der Waals surface area contributed by atoms with E-state index in [2.05, 4.69) is 10.6 Å². The zero-order chi connectivity index (χ0) is 13.8. The Kier molecular flexibility index (Phi) is 3.33. The maximum Gasteiger partial charge on any atom is 0.0456 e. The fourth-order valence-electron chi connectivity index (χ4n) is 7.55. The Morgan fingerprint density at radius 1 is 0.667 bits per heavy atom. The summed E-state index contributed by atoms with van der Waals surface area (Å²) in [4.78, 5) is 0. The van der Waals surface area contributed by atoms with Crippen molar-refractivity contribution in [2.75, 3.05) is 13.2 Å². The van der Waals surface area contributed by atoms with Crippen LogP contribution in [-0.4, -0.2) is 19.3 Å². The molecule has 118 valence electrons. The van der Waals surface area contributed by atoms with Gasteiger partial charge in [0.25, 0.3) is 0 Å². The van der Waals surface area contributed by atoms with E-state index >= 15 is 0 Å². The highest BCUT2D eigenvalue weighted by Crippen LogP contribution is 2.60. The van der Waals surface area contributed by atoms with Gasteiger partial charge in [-0.1, -0.05) is 19.3 Å². The van der Waals surface area contributed by atoms with Crippen molar-refractivity contribution in [1.82, 2.24) is 10.6 Å². The summed E-state index contributed by atoms with van der Waals surface area (Å²) in [5.74, 6) is 7.50. The second-order valence-electron chi connectivity index (χ2n) is 8.88. The van der Waals surface area contributed by atoms with Crippen molar-refractivity contribution in [2.24, 2.45) is 41.4 Å². The van der Waals surface area contributed by atoms with Crippen LogP contribution in [0.2, 0.25) is 0 Å². The summed E-state index contributed by atoms with van der Waals surface area (Å²) in [5, 5.41) is 7.48. The molecule has 5 aliphatic rings. The highest BCUT2D eigenvalue weighted by atomic mass is 15.1. The number of rotatable bonds is 0. The van der Waals surface area contributed by atoms with Gasteiger partial charge in [-0.25, -0.2) is 0 Å². The molecule has 0 amide bonds. The van der Waals surface area contributed by atoms with Crippen LogP contribution < -0.4 is 10.6 Å². The molecule has 1 saturated heterocycles. The first-order valence-corrected chi connectivity index (χ1v) is 9.86. The summed E-state index contributed by atoms with van der Waals surface area (Å²) in [6, 6.07) is 0.859. The van der Waals surface area contributed by atoms with E-state index in [-0.39, 0.29) is 0 Å². The lowest BCUT2D eigenvalue weighted by Gasteiger charge is -2.53. The van der Waals surface area contributed by atoms with Crippen LogP contribution in [0.3, 0.4) is 0 Å². The molecule has 5 fully saturated rings. The monoisotopic (exact) mass is 288 g/mol. The average molecular weight is 288 g/mol. The Morgan fingerprint density at radius 2 is 1.52 bits per heavy atom. The molecule has 2 N–H and O–H groups in total. The van der Waals surface area contributed by atoms with Crippen LogP contribution in [0.4, 0.5) is 0 Å². The Morgan fingerprint density at radius 3 is 2.52 bits per heavy atom. The van der Waals surface area contributed by atoms with Crippen LogP contribution in [0.5, 0.6) is 0 Å². The number of nitrogens with one attached hydrogen (secondary N) is 2. The van der Waals surface area contributed by atoms with Gasteiger partial charge in [0.2, 0.25) is 0 Å². The molecule has 0 radical (unpaired) electrons. The standard InChI is InChI=1S/C19H32N2/c1-2-4-15-13(3-1)9-17-16(15)8-7-12-5-6-14-10-20-11-21-19(14)18(12)17/h12-21H,1-11H2. The van der Waals surface area contributed by atoms with E-state index < -0.39 is 0 Å². The van der Waals surface area contributed by atoms with Gasteiger partial charge in [0.1, 0.15) is 0 Å². The minimum absolute atomic E-state index is 0.859. The molecule has 2 heteroatoms. The van der Waals surface area contributed by atoms with E-state index in [0.29, 0.717) is 0 Å². The predicted octanol–water partition coefficient (Wildman–Crippen LogP) is 3.38. The van der Waals surface area contributed by atoms with Crippen LogP contribution in [-0.2, 0) is 0 Å². The van der Waals surface area contributed by atoms with Crippen molar-refractivity contribution in [2.45, 2.75) is 63.8 Å². The smallest absolute Gasteiger partial charge is 0.0456 e. The molecule has 4 aliphatic carbocycles.